The van der Waals surface area contributed by atoms with E-state index < -0.39 is 0 Å². The van der Waals surface area contributed by atoms with Gasteiger partial charge in [0.05, 0.1) is 18.2 Å². The van der Waals surface area contributed by atoms with Crippen molar-refractivity contribution in [1.29, 1.82) is 0 Å². The highest BCUT2D eigenvalue weighted by molar-refractivity contribution is 5.34. The standard InChI is InChI=1S/C10H17N5O/c1-6-2-3-8(16-6)7-4-5-12-10-13-9(11)14-15(7)10/h6-8H,2-5H2,1H3,(H3,11,12,13,14). The molecule has 3 N–H and O–H groups in total. The molecule has 16 heavy (non-hydrogen) atoms. The molecule has 0 saturated carbocycles. The molecule has 1 saturated heterocycles. The van der Waals surface area contributed by atoms with Gasteiger partial charge in [-0.05, 0) is 26.2 Å². The number of rotatable bonds is 1. The van der Waals surface area contributed by atoms with Crippen LogP contribution in [0.4, 0.5) is 11.9 Å². The van der Waals surface area contributed by atoms with Crippen molar-refractivity contribution in [3.05, 3.63) is 0 Å². The van der Waals surface area contributed by atoms with Crippen molar-refractivity contribution in [3.8, 4) is 0 Å². The van der Waals surface area contributed by atoms with Crippen molar-refractivity contribution in [2.24, 2.45) is 0 Å². The highest BCUT2D eigenvalue weighted by atomic mass is 16.5. The van der Waals surface area contributed by atoms with Crippen LogP contribution in [0, 0.1) is 0 Å². The van der Waals surface area contributed by atoms with E-state index in [1.165, 1.54) is 0 Å². The van der Waals surface area contributed by atoms with Gasteiger partial charge in [-0.25, -0.2) is 4.68 Å². The number of hydrogen-bond donors (Lipinski definition) is 2. The molecular weight excluding hydrogens is 206 g/mol. The minimum absolute atomic E-state index is 0.261. The summed E-state index contributed by atoms with van der Waals surface area (Å²) in [5, 5.41) is 7.44. The maximum absolute atomic E-state index is 5.91. The number of hydrogen-bond acceptors (Lipinski definition) is 5. The zero-order chi connectivity index (χ0) is 11.1. The molecule has 88 valence electrons. The molecule has 0 amide bonds. The van der Waals surface area contributed by atoms with E-state index in [1.54, 1.807) is 0 Å². The summed E-state index contributed by atoms with van der Waals surface area (Å²) >= 11 is 0. The largest absolute Gasteiger partial charge is 0.373 e. The molecule has 6 heteroatoms. The van der Waals surface area contributed by atoms with Crippen LogP contribution in [0.25, 0.3) is 0 Å². The first-order valence-corrected chi connectivity index (χ1v) is 5.85. The van der Waals surface area contributed by atoms with Gasteiger partial charge in [0, 0.05) is 6.54 Å². The number of anilines is 2. The SMILES string of the molecule is CC1CCC(C2CCNc3nc(N)nn32)O1. The maximum atomic E-state index is 5.91. The molecule has 0 bridgehead atoms. The molecule has 3 heterocycles. The first-order valence-electron chi connectivity index (χ1n) is 5.85. The average Bonchev–Trinajstić information content (AvgIpc) is 2.82. The molecule has 3 rings (SSSR count). The smallest absolute Gasteiger partial charge is 0.241 e. The highest BCUT2D eigenvalue weighted by Crippen LogP contribution is 2.33. The van der Waals surface area contributed by atoms with Crippen LogP contribution in [-0.4, -0.2) is 33.5 Å². The van der Waals surface area contributed by atoms with Gasteiger partial charge in [0.1, 0.15) is 0 Å². The van der Waals surface area contributed by atoms with Crippen molar-refractivity contribution in [1.82, 2.24) is 14.8 Å². The van der Waals surface area contributed by atoms with Gasteiger partial charge in [-0.2, -0.15) is 4.98 Å². The summed E-state index contributed by atoms with van der Waals surface area (Å²) in [6.45, 7) is 3.04. The van der Waals surface area contributed by atoms with Crippen LogP contribution < -0.4 is 11.1 Å². The summed E-state index contributed by atoms with van der Waals surface area (Å²) in [5.74, 6) is 1.11. The summed E-state index contributed by atoms with van der Waals surface area (Å²) in [5.41, 5.74) is 5.62. The molecule has 2 aliphatic heterocycles. The van der Waals surface area contributed by atoms with Crippen LogP contribution in [-0.2, 0) is 4.74 Å². The van der Waals surface area contributed by atoms with Gasteiger partial charge >= 0.3 is 0 Å². The van der Waals surface area contributed by atoms with E-state index >= 15 is 0 Å². The molecule has 0 radical (unpaired) electrons. The van der Waals surface area contributed by atoms with Crippen molar-refractivity contribution in [3.63, 3.8) is 0 Å². The van der Waals surface area contributed by atoms with Gasteiger partial charge in [-0.3, -0.25) is 0 Å². The first kappa shape index (κ1) is 9.89. The fourth-order valence-electron chi connectivity index (χ4n) is 2.61. The normalized spacial score (nSPS) is 33.4. The van der Waals surface area contributed by atoms with Gasteiger partial charge in [0.15, 0.2) is 0 Å². The number of nitrogen functional groups attached to an aromatic ring is 1. The zero-order valence-electron chi connectivity index (χ0n) is 9.39. The quantitative estimate of drug-likeness (QED) is 0.735. The van der Waals surface area contributed by atoms with Crippen LogP contribution in [0.3, 0.4) is 0 Å². The fraction of sp³-hybridized carbons (Fsp3) is 0.800. The van der Waals surface area contributed by atoms with Crippen molar-refractivity contribution < 1.29 is 4.74 Å². The van der Waals surface area contributed by atoms with Crippen LogP contribution in [0.2, 0.25) is 0 Å². The predicted molar refractivity (Wildman–Crippen MR) is 60.1 cm³/mol. The monoisotopic (exact) mass is 223 g/mol. The molecule has 1 fully saturated rings. The van der Waals surface area contributed by atoms with Gasteiger partial charge < -0.3 is 15.8 Å². The van der Waals surface area contributed by atoms with Gasteiger partial charge in [-0.15, -0.1) is 5.10 Å². The molecule has 2 aliphatic rings. The minimum atomic E-state index is 0.261. The average molecular weight is 223 g/mol. The second-order valence-electron chi connectivity index (χ2n) is 4.58. The number of aromatic nitrogens is 3. The minimum Gasteiger partial charge on any atom is -0.373 e. The number of nitrogens with two attached hydrogens (primary N) is 1. The van der Waals surface area contributed by atoms with Crippen molar-refractivity contribution >= 4 is 11.9 Å². The lowest BCUT2D eigenvalue weighted by atomic mass is 10.0. The van der Waals surface area contributed by atoms with Gasteiger partial charge in [-0.1, -0.05) is 0 Å². The molecule has 0 spiro atoms. The van der Waals surface area contributed by atoms with Crippen LogP contribution in [0.15, 0.2) is 0 Å². The lowest BCUT2D eigenvalue weighted by molar-refractivity contribution is 0.0173. The Hall–Kier alpha value is -1.30. The van der Waals surface area contributed by atoms with E-state index in [1.807, 2.05) is 4.68 Å². The molecule has 0 aliphatic carbocycles. The zero-order valence-corrected chi connectivity index (χ0v) is 9.39. The van der Waals surface area contributed by atoms with Crippen LogP contribution >= 0.6 is 0 Å². The van der Waals surface area contributed by atoms with E-state index in [9.17, 15) is 0 Å². The van der Waals surface area contributed by atoms with Crippen LogP contribution in [0.5, 0.6) is 0 Å². The summed E-state index contributed by atoms with van der Waals surface area (Å²) in [7, 11) is 0. The molecule has 0 aromatic carbocycles. The molecular formula is C10H17N5O. The van der Waals surface area contributed by atoms with Gasteiger partial charge in [0.2, 0.25) is 11.9 Å². The molecule has 1 aromatic heterocycles. The van der Waals surface area contributed by atoms with Crippen molar-refractivity contribution in [2.45, 2.75) is 44.4 Å². The van der Waals surface area contributed by atoms with Crippen molar-refractivity contribution in [2.75, 3.05) is 17.6 Å². The summed E-state index contributed by atoms with van der Waals surface area (Å²) in [6, 6.07) is 0.283. The molecule has 1 aromatic rings. The number of nitrogens with zero attached hydrogens (tertiary/aromatic N) is 3. The summed E-state index contributed by atoms with van der Waals surface area (Å²) in [4.78, 5) is 4.15. The Kier molecular flexibility index (Phi) is 2.24. The third kappa shape index (κ3) is 1.53. The second-order valence-corrected chi connectivity index (χ2v) is 4.58. The Balaban J connectivity index is 1.86. The van der Waals surface area contributed by atoms with E-state index in [0.717, 1.165) is 31.8 Å². The van der Waals surface area contributed by atoms with E-state index in [2.05, 4.69) is 22.3 Å². The second kappa shape index (κ2) is 3.62. The topological polar surface area (TPSA) is 78.0 Å². The predicted octanol–water partition coefficient (Wildman–Crippen LogP) is 0.784. The lowest BCUT2D eigenvalue weighted by Gasteiger charge is -2.28. The van der Waals surface area contributed by atoms with Gasteiger partial charge in [0.25, 0.3) is 0 Å². The Morgan fingerprint density at radius 3 is 3.06 bits per heavy atom. The molecule has 3 atom stereocenters. The Bertz CT molecular complexity index is 391. The molecule has 6 nitrogen and oxygen atoms in total. The van der Waals surface area contributed by atoms with E-state index in [-0.39, 0.29) is 12.1 Å². The van der Waals surface area contributed by atoms with Crippen LogP contribution in [0.1, 0.15) is 32.2 Å². The highest BCUT2D eigenvalue weighted by Gasteiger charge is 2.34. The third-order valence-corrected chi connectivity index (χ3v) is 3.38. The maximum Gasteiger partial charge on any atom is 0.241 e. The fourth-order valence-corrected chi connectivity index (χ4v) is 2.61. The summed E-state index contributed by atoms with van der Waals surface area (Å²) in [6.07, 6.45) is 3.88. The van der Waals surface area contributed by atoms with E-state index in [0.29, 0.717) is 12.1 Å². The lowest BCUT2D eigenvalue weighted by Crippen LogP contribution is -2.32. The summed E-state index contributed by atoms with van der Waals surface area (Å²) < 4.78 is 7.80. The Labute approximate surface area is 94.2 Å². The first-order chi connectivity index (χ1) is 7.74. The number of ether oxygens (including phenoxy) is 1. The number of fused-ring (bicyclic) bond motifs is 1. The molecule has 3 unspecified atom stereocenters. The number of nitrogens with one attached hydrogen (secondary N) is 1. The Morgan fingerprint density at radius 1 is 1.44 bits per heavy atom. The third-order valence-electron chi connectivity index (χ3n) is 3.38. The Morgan fingerprint density at radius 2 is 2.31 bits per heavy atom. The van der Waals surface area contributed by atoms with E-state index in [4.69, 9.17) is 10.5 Å².